The number of ether oxygens (including phenoxy) is 1. The van der Waals surface area contributed by atoms with E-state index in [1.54, 1.807) is 11.3 Å². The molecule has 1 aromatic carbocycles. The maximum absolute atomic E-state index is 12.2. The Morgan fingerprint density at radius 3 is 2.89 bits per heavy atom. The quantitative estimate of drug-likeness (QED) is 0.573. The second-order valence-electron chi connectivity index (χ2n) is 6.55. The minimum atomic E-state index is -0.0112. The van der Waals surface area contributed by atoms with E-state index < -0.39 is 0 Å². The van der Waals surface area contributed by atoms with Crippen molar-refractivity contribution in [1.82, 2.24) is 20.1 Å². The van der Waals surface area contributed by atoms with Gasteiger partial charge in [-0.3, -0.25) is 9.36 Å². The number of rotatable bonds is 8. The van der Waals surface area contributed by atoms with Gasteiger partial charge in [-0.05, 0) is 36.4 Å². The molecule has 1 saturated heterocycles. The van der Waals surface area contributed by atoms with E-state index in [0.717, 1.165) is 36.1 Å². The Balaban J connectivity index is 1.45. The van der Waals surface area contributed by atoms with E-state index in [0.29, 0.717) is 18.7 Å². The highest BCUT2D eigenvalue weighted by Gasteiger charge is 2.18. The van der Waals surface area contributed by atoms with Gasteiger partial charge in [0, 0.05) is 30.1 Å². The zero-order valence-electron chi connectivity index (χ0n) is 15.4. The van der Waals surface area contributed by atoms with Crippen LogP contribution in [0.3, 0.4) is 0 Å². The maximum Gasteiger partial charge on any atom is 0.230 e. The Labute approximate surface area is 172 Å². The zero-order chi connectivity index (χ0) is 19.2. The van der Waals surface area contributed by atoms with Crippen LogP contribution in [0.5, 0.6) is 0 Å². The van der Waals surface area contributed by atoms with Gasteiger partial charge in [0.15, 0.2) is 5.16 Å². The van der Waals surface area contributed by atoms with Crippen molar-refractivity contribution < 1.29 is 9.53 Å². The van der Waals surface area contributed by atoms with Crippen molar-refractivity contribution >= 4 is 29.0 Å². The van der Waals surface area contributed by atoms with E-state index >= 15 is 0 Å². The summed E-state index contributed by atoms with van der Waals surface area (Å²) >= 11 is 3.11. The second kappa shape index (κ2) is 9.36. The van der Waals surface area contributed by atoms with Crippen molar-refractivity contribution in [2.75, 3.05) is 18.9 Å². The van der Waals surface area contributed by atoms with Crippen molar-refractivity contribution in [3.8, 4) is 5.69 Å². The number of hydrogen-bond acceptors (Lipinski definition) is 6. The minimum absolute atomic E-state index is 0.0112. The van der Waals surface area contributed by atoms with Crippen LogP contribution in [0.25, 0.3) is 5.69 Å². The molecule has 0 saturated carbocycles. The van der Waals surface area contributed by atoms with E-state index in [9.17, 15) is 4.79 Å². The summed E-state index contributed by atoms with van der Waals surface area (Å²) in [5.74, 6) is 1.16. The van der Waals surface area contributed by atoms with Crippen molar-refractivity contribution in [3.63, 3.8) is 0 Å². The third-order valence-corrected chi connectivity index (χ3v) is 6.32. The van der Waals surface area contributed by atoms with Gasteiger partial charge < -0.3 is 10.1 Å². The number of aromatic nitrogens is 3. The topological polar surface area (TPSA) is 69.0 Å². The van der Waals surface area contributed by atoms with Crippen LogP contribution in [-0.2, 0) is 16.0 Å². The Hall–Kier alpha value is -2.16. The van der Waals surface area contributed by atoms with E-state index in [1.807, 2.05) is 41.0 Å². The fraction of sp³-hybridized carbons (Fsp3) is 0.350. The monoisotopic (exact) mass is 414 g/mol. The van der Waals surface area contributed by atoms with Crippen LogP contribution >= 0.6 is 23.1 Å². The van der Waals surface area contributed by atoms with E-state index in [2.05, 4.69) is 27.0 Å². The highest BCUT2D eigenvalue weighted by molar-refractivity contribution is 7.99. The zero-order valence-corrected chi connectivity index (χ0v) is 17.0. The molecular formula is C20H22N4O2S2. The molecule has 3 aromatic rings. The predicted molar refractivity (Wildman–Crippen MR) is 111 cm³/mol. The summed E-state index contributed by atoms with van der Waals surface area (Å²) < 4.78 is 7.59. The molecular weight excluding hydrogens is 392 g/mol. The Bertz CT molecular complexity index is 890. The van der Waals surface area contributed by atoms with Gasteiger partial charge in [-0.2, -0.15) is 0 Å². The number of nitrogens with zero attached hydrogens (tertiary/aromatic N) is 3. The SMILES string of the molecule is O=C(CSc1nnc(Cc2cccs2)n1-c1ccccc1)NCC1CCCO1. The van der Waals surface area contributed by atoms with Crippen LogP contribution in [0.2, 0.25) is 0 Å². The molecule has 2 aromatic heterocycles. The lowest BCUT2D eigenvalue weighted by atomic mass is 10.2. The van der Waals surface area contributed by atoms with Gasteiger partial charge in [-0.15, -0.1) is 21.5 Å². The first-order chi connectivity index (χ1) is 13.8. The highest BCUT2D eigenvalue weighted by atomic mass is 32.2. The fourth-order valence-electron chi connectivity index (χ4n) is 3.13. The van der Waals surface area contributed by atoms with Crippen LogP contribution in [0.15, 0.2) is 53.0 Å². The molecule has 0 radical (unpaired) electrons. The van der Waals surface area contributed by atoms with Gasteiger partial charge in [-0.1, -0.05) is 36.0 Å². The number of benzene rings is 1. The molecule has 1 N–H and O–H groups in total. The first kappa shape index (κ1) is 19.2. The Morgan fingerprint density at radius 1 is 1.25 bits per heavy atom. The van der Waals surface area contributed by atoms with Crippen LogP contribution in [0.4, 0.5) is 0 Å². The molecule has 0 bridgehead atoms. The number of carbonyl (C=O) groups is 1. The average Bonchev–Trinajstić information content (AvgIpc) is 3.48. The van der Waals surface area contributed by atoms with Gasteiger partial charge in [0.2, 0.25) is 5.91 Å². The molecule has 1 aliphatic rings. The summed E-state index contributed by atoms with van der Waals surface area (Å²) in [6.07, 6.45) is 2.95. The number of carbonyl (C=O) groups excluding carboxylic acids is 1. The molecule has 1 unspecified atom stereocenters. The maximum atomic E-state index is 12.2. The van der Waals surface area contributed by atoms with Crippen LogP contribution in [0.1, 0.15) is 23.5 Å². The van der Waals surface area contributed by atoms with E-state index in [-0.39, 0.29) is 12.0 Å². The summed E-state index contributed by atoms with van der Waals surface area (Å²) in [7, 11) is 0. The molecule has 1 amide bonds. The number of thioether (sulfide) groups is 1. The third-order valence-electron chi connectivity index (χ3n) is 4.51. The molecule has 28 heavy (non-hydrogen) atoms. The Kier molecular flexibility index (Phi) is 6.41. The lowest BCUT2D eigenvalue weighted by molar-refractivity contribution is -0.119. The first-order valence-electron chi connectivity index (χ1n) is 9.33. The van der Waals surface area contributed by atoms with Gasteiger partial charge >= 0.3 is 0 Å². The van der Waals surface area contributed by atoms with Crippen LogP contribution in [-0.4, -0.2) is 45.7 Å². The minimum Gasteiger partial charge on any atom is -0.376 e. The smallest absolute Gasteiger partial charge is 0.230 e. The fourth-order valence-corrected chi connectivity index (χ4v) is 4.63. The largest absolute Gasteiger partial charge is 0.376 e. The lowest BCUT2D eigenvalue weighted by Gasteiger charge is -2.11. The molecule has 0 aliphatic carbocycles. The molecule has 4 rings (SSSR count). The van der Waals surface area contributed by atoms with E-state index in [4.69, 9.17) is 4.74 Å². The lowest BCUT2D eigenvalue weighted by Crippen LogP contribution is -2.32. The average molecular weight is 415 g/mol. The number of thiophene rings is 1. The van der Waals surface area contributed by atoms with Crippen LogP contribution < -0.4 is 5.32 Å². The molecule has 1 atom stereocenters. The van der Waals surface area contributed by atoms with Crippen molar-refractivity contribution in [2.45, 2.75) is 30.5 Å². The molecule has 8 heteroatoms. The van der Waals surface area contributed by atoms with Crippen molar-refractivity contribution in [3.05, 3.63) is 58.5 Å². The third kappa shape index (κ3) is 4.81. The standard InChI is InChI=1S/C20H22N4O2S2/c25-19(21-13-16-8-4-10-26-16)14-28-20-23-22-18(12-17-9-5-11-27-17)24(20)15-6-2-1-3-7-15/h1-3,5-7,9,11,16H,4,8,10,12-14H2,(H,21,25). The summed E-state index contributed by atoms with van der Waals surface area (Å²) in [6, 6.07) is 14.2. The predicted octanol–water partition coefficient (Wildman–Crippen LogP) is 3.31. The molecule has 0 spiro atoms. The van der Waals surface area contributed by atoms with Gasteiger partial charge in [-0.25, -0.2) is 0 Å². The Morgan fingerprint density at radius 2 is 2.14 bits per heavy atom. The number of amides is 1. The second-order valence-corrected chi connectivity index (χ2v) is 8.53. The number of nitrogens with one attached hydrogen (secondary N) is 1. The summed E-state index contributed by atoms with van der Waals surface area (Å²) in [5.41, 5.74) is 1.00. The summed E-state index contributed by atoms with van der Waals surface area (Å²) in [5, 5.41) is 14.5. The van der Waals surface area contributed by atoms with Gasteiger partial charge in [0.25, 0.3) is 0 Å². The highest BCUT2D eigenvalue weighted by Crippen LogP contribution is 2.24. The summed E-state index contributed by atoms with van der Waals surface area (Å²) in [4.78, 5) is 13.5. The number of para-hydroxylation sites is 1. The summed E-state index contributed by atoms with van der Waals surface area (Å²) in [6.45, 7) is 1.37. The molecule has 1 fully saturated rings. The number of hydrogen-bond donors (Lipinski definition) is 1. The normalized spacial score (nSPS) is 16.4. The van der Waals surface area contributed by atoms with Gasteiger partial charge in [0.1, 0.15) is 5.82 Å². The molecule has 146 valence electrons. The van der Waals surface area contributed by atoms with E-state index in [1.165, 1.54) is 16.6 Å². The molecule has 1 aliphatic heterocycles. The van der Waals surface area contributed by atoms with Crippen molar-refractivity contribution in [1.29, 1.82) is 0 Å². The van der Waals surface area contributed by atoms with Crippen molar-refractivity contribution in [2.24, 2.45) is 0 Å². The molecule has 3 heterocycles. The first-order valence-corrected chi connectivity index (χ1v) is 11.2. The molecule has 6 nitrogen and oxygen atoms in total. The van der Waals surface area contributed by atoms with Gasteiger partial charge in [0.05, 0.1) is 11.9 Å². The van der Waals surface area contributed by atoms with Crippen LogP contribution in [0, 0.1) is 0 Å².